The molecule has 0 atom stereocenters. The van der Waals surface area contributed by atoms with Gasteiger partial charge in [0.25, 0.3) is 10.0 Å². The molecule has 3 aromatic rings. The molecule has 0 fully saturated rings. The van der Waals surface area contributed by atoms with E-state index in [1.54, 1.807) is 18.9 Å². The summed E-state index contributed by atoms with van der Waals surface area (Å²) in [6.45, 7) is 8.75. The van der Waals surface area contributed by atoms with E-state index in [1.165, 1.54) is 24.4 Å². The average Bonchev–Trinajstić information content (AvgIpc) is 3.05. The maximum atomic E-state index is 13.6. The van der Waals surface area contributed by atoms with Gasteiger partial charge >= 0.3 is 5.97 Å². The zero-order valence-electron chi connectivity index (χ0n) is 19.8. The second kappa shape index (κ2) is 9.80. The van der Waals surface area contributed by atoms with Gasteiger partial charge in [0.15, 0.2) is 0 Å². The van der Waals surface area contributed by atoms with Crippen LogP contribution in [0.1, 0.15) is 39.8 Å². The number of likely N-dealkylation sites (N-methyl/N-ethyl adjacent to an activating group) is 1. The molecule has 0 saturated carbocycles. The molecule has 2 aromatic heterocycles. The number of sulfonamides is 1. The summed E-state index contributed by atoms with van der Waals surface area (Å²) in [5.74, 6) is -1.73. The molecule has 1 aromatic carbocycles. The van der Waals surface area contributed by atoms with Crippen LogP contribution in [0.4, 0.5) is 15.9 Å². The van der Waals surface area contributed by atoms with Gasteiger partial charge in [0.2, 0.25) is 0 Å². The highest BCUT2D eigenvalue weighted by Gasteiger charge is 2.22. The highest BCUT2D eigenvalue weighted by molar-refractivity contribution is 7.92. The number of carboxylic acids is 1. The molecule has 182 valence electrons. The molecule has 0 aliphatic rings. The van der Waals surface area contributed by atoms with Crippen molar-refractivity contribution in [3.63, 3.8) is 0 Å². The number of carboxylic acid groups (broad SMARTS) is 1. The first-order valence-electron chi connectivity index (χ1n) is 10.7. The number of hydrogen-bond acceptors (Lipinski definition) is 6. The van der Waals surface area contributed by atoms with Crippen molar-refractivity contribution in [3.8, 4) is 0 Å². The van der Waals surface area contributed by atoms with Crippen molar-refractivity contribution in [1.29, 1.82) is 0 Å². The van der Waals surface area contributed by atoms with Gasteiger partial charge in [-0.25, -0.2) is 22.6 Å². The fraction of sp³-hybridized carbons (Fsp3) is 0.348. The number of aromatic carboxylic acids is 1. The molecule has 2 N–H and O–H groups in total. The molecule has 3 rings (SSSR count). The van der Waals surface area contributed by atoms with Gasteiger partial charge < -0.3 is 10.0 Å². The molecule has 0 radical (unpaired) electrons. The number of hydrogen-bond donors (Lipinski definition) is 2. The summed E-state index contributed by atoms with van der Waals surface area (Å²) in [5, 5.41) is 14.2. The highest BCUT2D eigenvalue weighted by atomic mass is 32.2. The minimum atomic E-state index is -4.14. The van der Waals surface area contributed by atoms with Gasteiger partial charge in [-0.2, -0.15) is 5.10 Å². The molecule has 0 aliphatic heterocycles. The monoisotopic (exact) mass is 489 g/mol. The predicted molar refractivity (Wildman–Crippen MR) is 127 cm³/mol. The molecule has 0 bridgehead atoms. The molecule has 9 nitrogen and oxygen atoms in total. The van der Waals surface area contributed by atoms with Gasteiger partial charge in [-0.15, -0.1) is 0 Å². The Hall–Kier alpha value is -3.47. The number of rotatable bonds is 9. The molecule has 11 heteroatoms. The molecule has 34 heavy (non-hydrogen) atoms. The van der Waals surface area contributed by atoms with Crippen LogP contribution in [0.2, 0.25) is 0 Å². The summed E-state index contributed by atoms with van der Waals surface area (Å²) in [7, 11) is -2.42. The molecular formula is C23H28FN5O4S. The average molecular weight is 490 g/mol. The van der Waals surface area contributed by atoms with Gasteiger partial charge in [-0.1, -0.05) is 6.07 Å². The number of carbonyl (C=O) groups is 1. The Labute approximate surface area is 198 Å². The number of benzene rings is 1. The van der Waals surface area contributed by atoms with E-state index in [4.69, 9.17) is 0 Å². The first kappa shape index (κ1) is 25.2. The van der Waals surface area contributed by atoms with Gasteiger partial charge in [0.05, 0.1) is 22.5 Å². The number of pyridine rings is 1. The van der Waals surface area contributed by atoms with Crippen LogP contribution in [0.5, 0.6) is 0 Å². The second-order valence-electron chi connectivity index (χ2n) is 8.05. The van der Waals surface area contributed by atoms with Crippen molar-refractivity contribution in [2.45, 2.75) is 45.6 Å². The molecular weight excluding hydrogens is 461 g/mol. The summed E-state index contributed by atoms with van der Waals surface area (Å²) >= 11 is 0. The van der Waals surface area contributed by atoms with Crippen LogP contribution in [-0.2, 0) is 23.0 Å². The Morgan fingerprint density at radius 3 is 2.56 bits per heavy atom. The highest BCUT2D eigenvalue weighted by Crippen LogP contribution is 2.25. The number of nitrogens with zero attached hydrogens (tertiary/aromatic N) is 4. The topological polar surface area (TPSA) is 117 Å². The zero-order valence-corrected chi connectivity index (χ0v) is 20.6. The smallest absolute Gasteiger partial charge is 0.339 e. The van der Waals surface area contributed by atoms with E-state index in [-0.39, 0.29) is 22.0 Å². The Morgan fingerprint density at radius 1 is 1.24 bits per heavy atom. The molecule has 0 amide bonds. The first-order chi connectivity index (χ1) is 15.9. The van der Waals surface area contributed by atoms with Crippen LogP contribution >= 0.6 is 0 Å². The molecule has 0 aliphatic carbocycles. The van der Waals surface area contributed by atoms with Crippen molar-refractivity contribution in [2.24, 2.45) is 0 Å². The number of halogens is 1. The number of nitrogens with one attached hydrogen (secondary N) is 1. The van der Waals surface area contributed by atoms with E-state index in [0.717, 1.165) is 29.6 Å². The number of aromatic nitrogens is 3. The Balaban J connectivity index is 1.85. The maximum absolute atomic E-state index is 13.6. The summed E-state index contributed by atoms with van der Waals surface area (Å²) < 4.78 is 43.3. The van der Waals surface area contributed by atoms with Crippen LogP contribution < -0.4 is 9.62 Å². The standard InChI is InChI=1S/C23H28FN5O4S/c1-6-29-16(4)19(15(3)26-29)9-10-28(5)22-20(23(30)31)12-18(13-25-22)27-34(32,33)21-11-17(24)8-7-14(21)2/h7-8,11-13,27H,6,9-10H2,1-5H3,(H,30,31). The van der Waals surface area contributed by atoms with E-state index in [1.807, 2.05) is 25.5 Å². The van der Waals surface area contributed by atoms with Gasteiger partial charge in [0, 0.05) is 25.8 Å². The molecule has 2 heterocycles. The van der Waals surface area contributed by atoms with Gasteiger partial charge in [0.1, 0.15) is 17.2 Å². The molecule has 0 spiro atoms. The largest absolute Gasteiger partial charge is 0.478 e. The summed E-state index contributed by atoms with van der Waals surface area (Å²) in [4.78, 5) is 17.6. The normalized spacial score (nSPS) is 11.5. The lowest BCUT2D eigenvalue weighted by Crippen LogP contribution is -2.24. The number of anilines is 2. The Bertz CT molecular complexity index is 1340. The Morgan fingerprint density at radius 2 is 1.94 bits per heavy atom. The second-order valence-corrected chi connectivity index (χ2v) is 9.70. The SMILES string of the molecule is CCn1nc(C)c(CCN(C)c2ncc(NS(=O)(=O)c3cc(F)ccc3C)cc2C(=O)O)c1C. The van der Waals surface area contributed by atoms with E-state index in [9.17, 15) is 22.7 Å². The molecule has 0 unspecified atom stereocenters. The van der Waals surface area contributed by atoms with Crippen LogP contribution in [0.25, 0.3) is 0 Å². The minimum Gasteiger partial charge on any atom is -0.478 e. The lowest BCUT2D eigenvalue weighted by molar-refractivity contribution is 0.0697. The minimum absolute atomic E-state index is 0.0332. The van der Waals surface area contributed by atoms with Crippen molar-refractivity contribution in [1.82, 2.24) is 14.8 Å². The lowest BCUT2D eigenvalue weighted by atomic mass is 10.1. The van der Waals surface area contributed by atoms with Gasteiger partial charge in [-0.3, -0.25) is 9.40 Å². The molecule has 0 saturated heterocycles. The fourth-order valence-corrected chi connectivity index (χ4v) is 5.13. The van der Waals surface area contributed by atoms with Crippen molar-refractivity contribution < 1.29 is 22.7 Å². The van der Waals surface area contributed by atoms with Crippen molar-refractivity contribution in [3.05, 3.63) is 64.4 Å². The van der Waals surface area contributed by atoms with E-state index in [0.29, 0.717) is 18.5 Å². The zero-order chi connectivity index (χ0) is 25.2. The fourth-order valence-electron chi connectivity index (χ4n) is 3.84. The van der Waals surface area contributed by atoms with Crippen molar-refractivity contribution >= 4 is 27.5 Å². The van der Waals surface area contributed by atoms with Crippen LogP contribution in [0.15, 0.2) is 35.4 Å². The summed E-state index contributed by atoms with van der Waals surface area (Å²) in [5.41, 5.74) is 3.26. The Kier molecular flexibility index (Phi) is 7.25. The van der Waals surface area contributed by atoms with E-state index < -0.39 is 21.8 Å². The summed E-state index contributed by atoms with van der Waals surface area (Å²) in [6, 6.07) is 4.64. The van der Waals surface area contributed by atoms with E-state index in [2.05, 4.69) is 14.8 Å². The third kappa shape index (κ3) is 5.19. The van der Waals surface area contributed by atoms with Crippen LogP contribution in [-0.4, -0.2) is 47.9 Å². The lowest BCUT2D eigenvalue weighted by Gasteiger charge is -2.21. The van der Waals surface area contributed by atoms with Gasteiger partial charge in [-0.05, 0) is 63.4 Å². The number of aryl methyl sites for hydroxylation is 3. The predicted octanol–water partition coefficient (Wildman–Crippen LogP) is 3.54. The van der Waals surface area contributed by atoms with Crippen LogP contribution in [0, 0.1) is 26.6 Å². The van der Waals surface area contributed by atoms with Crippen molar-refractivity contribution in [2.75, 3.05) is 23.2 Å². The van der Waals surface area contributed by atoms with Crippen LogP contribution in [0.3, 0.4) is 0 Å². The third-order valence-corrected chi connectivity index (χ3v) is 7.20. The third-order valence-electron chi connectivity index (χ3n) is 5.68. The first-order valence-corrected chi connectivity index (χ1v) is 12.2. The summed E-state index contributed by atoms with van der Waals surface area (Å²) in [6.07, 6.45) is 1.89. The quantitative estimate of drug-likeness (QED) is 0.472. The van der Waals surface area contributed by atoms with E-state index >= 15 is 0 Å². The maximum Gasteiger partial charge on any atom is 0.339 e.